The lowest BCUT2D eigenvalue weighted by molar-refractivity contribution is -0.147. The van der Waals surface area contributed by atoms with E-state index in [0.717, 1.165) is 10.8 Å². The van der Waals surface area contributed by atoms with Crippen molar-refractivity contribution in [3.05, 3.63) is 77.9 Å². The Morgan fingerprint density at radius 2 is 1.55 bits per heavy atom. The van der Waals surface area contributed by atoms with E-state index in [1.807, 2.05) is 36.4 Å². The van der Waals surface area contributed by atoms with E-state index in [-0.39, 0.29) is 0 Å². The molecule has 0 aliphatic heterocycles. The number of nitrogens with two attached hydrogens (primary N) is 1. The average Bonchev–Trinajstić information content (AvgIpc) is 2.88. The fraction of sp³-hybridized carbons (Fsp3) is 0.333. The van der Waals surface area contributed by atoms with Crippen molar-refractivity contribution in [3.8, 4) is 12.3 Å². The van der Waals surface area contributed by atoms with Crippen LogP contribution in [0.3, 0.4) is 0 Å². The number of primary amides is 1. The summed E-state index contributed by atoms with van der Waals surface area (Å²) >= 11 is 0. The summed E-state index contributed by atoms with van der Waals surface area (Å²) in [6, 6.07) is 17.4. The highest BCUT2D eigenvalue weighted by Gasteiger charge is 2.43. The predicted octanol–water partition coefficient (Wildman–Crippen LogP) is 4.90. The van der Waals surface area contributed by atoms with E-state index in [0.29, 0.717) is 16.8 Å². The fourth-order valence-corrected chi connectivity index (χ4v) is 4.61. The van der Waals surface area contributed by atoms with Gasteiger partial charge in [-0.3, -0.25) is 14.4 Å². The molecule has 3 aromatic carbocycles. The van der Waals surface area contributed by atoms with Crippen LogP contribution < -0.4 is 16.4 Å². The van der Waals surface area contributed by atoms with E-state index in [9.17, 15) is 19.2 Å². The van der Waals surface area contributed by atoms with E-state index in [1.165, 1.54) is 4.90 Å². The Balaban J connectivity index is 2.12. The third-order valence-corrected chi connectivity index (χ3v) is 6.29. The molecule has 9 heteroatoms. The van der Waals surface area contributed by atoms with Crippen LogP contribution in [-0.2, 0) is 19.1 Å². The molecule has 4 N–H and O–H groups in total. The highest BCUT2D eigenvalue weighted by Crippen LogP contribution is 2.33. The maximum Gasteiger partial charge on any atom is 0.408 e. The molecular weight excluding hydrogens is 532 g/mol. The van der Waals surface area contributed by atoms with Crippen LogP contribution in [0.4, 0.5) is 10.5 Å². The summed E-state index contributed by atoms with van der Waals surface area (Å²) in [5.41, 5.74) is 4.95. The zero-order valence-electron chi connectivity index (χ0n) is 24.9. The van der Waals surface area contributed by atoms with E-state index in [2.05, 4.69) is 16.6 Å². The van der Waals surface area contributed by atoms with Crippen molar-refractivity contribution in [3.63, 3.8) is 0 Å². The van der Waals surface area contributed by atoms with Crippen LogP contribution in [0.25, 0.3) is 10.8 Å². The molecule has 0 aromatic heterocycles. The van der Waals surface area contributed by atoms with E-state index in [1.54, 1.807) is 71.9 Å². The van der Waals surface area contributed by atoms with Gasteiger partial charge in [0, 0.05) is 16.8 Å². The van der Waals surface area contributed by atoms with Gasteiger partial charge in [-0.25, -0.2) is 4.79 Å². The highest BCUT2D eigenvalue weighted by atomic mass is 16.6. The molecule has 0 spiro atoms. The maximum absolute atomic E-state index is 14.3. The molecule has 0 bridgehead atoms. The number of nitrogens with one attached hydrogen (secondary N) is 2. The Morgan fingerprint density at radius 1 is 0.929 bits per heavy atom. The van der Waals surface area contributed by atoms with Crippen LogP contribution in [-0.4, -0.2) is 45.9 Å². The van der Waals surface area contributed by atoms with Gasteiger partial charge in [-0.1, -0.05) is 54.5 Å². The molecule has 0 saturated carbocycles. The van der Waals surface area contributed by atoms with Crippen LogP contribution in [0.1, 0.15) is 65.1 Å². The maximum atomic E-state index is 14.3. The summed E-state index contributed by atoms with van der Waals surface area (Å²) in [7, 11) is 0. The van der Waals surface area contributed by atoms with Crippen LogP contribution >= 0.6 is 0 Å². The molecule has 2 atom stereocenters. The zero-order chi connectivity index (χ0) is 31.2. The van der Waals surface area contributed by atoms with Crippen molar-refractivity contribution in [2.45, 2.75) is 71.2 Å². The minimum atomic E-state index is -1.41. The summed E-state index contributed by atoms with van der Waals surface area (Å²) in [6.45, 7) is 10.2. The van der Waals surface area contributed by atoms with Crippen LogP contribution in [0, 0.1) is 12.3 Å². The molecule has 220 valence electrons. The highest BCUT2D eigenvalue weighted by molar-refractivity contribution is 6.01. The third kappa shape index (κ3) is 8.10. The smallest absolute Gasteiger partial charge is 0.408 e. The molecule has 0 aliphatic rings. The van der Waals surface area contributed by atoms with E-state index < -0.39 is 53.5 Å². The van der Waals surface area contributed by atoms with E-state index in [4.69, 9.17) is 16.9 Å². The van der Waals surface area contributed by atoms with Gasteiger partial charge in [0.25, 0.3) is 5.91 Å². The number of fused-ring (bicyclic) bond motifs is 1. The Kier molecular flexibility index (Phi) is 9.64. The molecule has 3 aromatic rings. The fourth-order valence-electron chi connectivity index (χ4n) is 4.61. The number of hydrogen-bond acceptors (Lipinski definition) is 5. The van der Waals surface area contributed by atoms with Crippen molar-refractivity contribution >= 4 is 40.3 Å². The molecule has 0 fully saturated rings. The average molecular weight is 571 g/mol. The minimum Gasteiger partial charge on any atom is -0.444 e. The first kappa shape index (κ1) is 31.7. The SMILES string of the molecule is C#Cc1ccccc1C(C(=O)Nc1ccc2ccccc2c1)N(C(=O)C(CC(N)=O)NC(=O)OC(C)(C)C)C(C)(C)C. The summed E-state index contributed by atoms with van der Waals surface area (Å²) in [5, 5.41) is 7.33. The van der Waals surface area contributed by atoms with E-state index >= 15 is 0 Å². The Bertz CT molecular complexity index is 1530. The first-order valence-electron chi connectivity index (χ1n) is 13.6. The molecule has 0 heterocycles. The number of anilines is 1. The van der Waals surface area contributed by atoms with Gasteiger partial charge in [0.05, 0.1) is 6.42 Å². The van der Waals surface area contributed by atoms with Crippen LogP contribution in [0.5, 0.6) is 0 Å². The summed E-state index contributed by atoms with van der Waals surface area (Å²) in [6.07, 6.45) is 4.40. The van der Waals surface area contributed by atoms with Gasteiger partial charge in [-0.2, -0.15) is 0 Å². The van der Waals surface area contributed by atoms with Crippen LogP contribution in [0.2, 0.25) is 0 Å². The molecule has 0 radical (unpaired) electrons. The van der Waals surface area contributed by atoms with Gasteiger partial charge < -0.3 is 26.0 Å². The van der Waals surface area contributed by atoms with Crippen LogP contribution in [0.15, 0.2) is 66.7 Å². The molecule has 0 saturated heterocycles. The predicted molar refractivity (Wildman–Crippen MR) is 163 cm³/mol. The standard InChI is InChI=1S/C33H38N4O5/c1-8-21-13-11-12-16-25(21)28(29(39)35-24-18-17-22-14-9-10-15-23(22)19-24)37(32(2,3)4)30(40)26(20-27(34)38)36-31(41)42-33(5,6)7/h1,9-19,26,28H,20H2,2-7H3,(H2,34,38)(H,35,39)(H,36,41). The number of amides is 4. The van der Waals surface area contributed by atoms with Crippen molar-refractivity contribution in [1.29, 1.82) is 0 Å². The number of benzene rings is 3. The number of terminal acetylenes is 1. The minimum absolute atomic E-state index is 0.400. The summed E-state index contributed by atoms with van der Waals surface area (Å²) in [4.78, 5) is 54.5. The normalized spacial score (nSPS) is 12.9. The molecule has 3 rings (SSSR count). The van der Waals surface area contributed by atoms with Gasteiger partial charge in [-0.15, -0.1) is 6.42 Å². The zero-order valence-corrected chi connectivity index (χ0v) is 24.9. The molecule has 4 amide bonds. The first-order valence-corrected chi connectivity index (χ1v) is 13.6. The number of hydrogen-bond donors (Lipinski definition) is 3. The quantitative estimate of drug-likeness (QED) is 0.332. The molecular formula is C33H38N4O5. The number of carbonyl (C=O) groups excluding carboxylic acids is 4. The Labute approximate surface area is 246 Å². The second-order valence-corrected chi connectivity index (χ2v) is 11.9. The first-order chi connectivity index (χ1) is 19.6. The lowest BCUT2D eigenvalue weighted by atomic mass is 9.92. The Hall–Kier alpha value is -4.84. The van der Waals surface area contributed by atoms with Gasteiger partial charge in [0.15, 0.2) is 0 Å². The largest absolute Gasteiger partial charge is 0.444 e. The third-order valence-electron chi connectivity index (χ3n) is 6.29. The van der Waals surface area contributed by atoms with Gasteiger partial charge in [-0.05, 0) is 76.1 Å². The van der Waals surface area contributed by atoms with Crippen molar-refractivity contribution in [2.75, 3.05) is 5.32 Å². The van der Waals surface area contributed by atoms with Crippen molar-refractivity contribution in [1.82, 2.24) is 10.2 Å². The Morgan fingerprint density at radius 3 is 2.14 bits per heavy atom. The lowest BCUT2D eigenvalue weighted by Gasteiger charge is -2.43. The summed E-state index contributed by atoms with van der Waals surface area (Å²) < 4.78 is 5.33. The molecule has 2 unspecified atom stereocenters. The van der Waals surface area contributed by atoms with Crippen molar-refractivity contribution in [2.24, 2.45) is 5.73 Å². The second kappa shape index (κ2) is 12.8. The van der Waals surface area contributed by atoms with Gasteiger partial charge >= 0.3 is 6.09 Å². The second-order valence-electron chi connectivity index (χ2n) is 11.9. The topological polar surface area (TPSA) is 131 Å². The molecule has 42 heavy (non-hydrogen) atoms. The lowest BCUT2D eigenvalue weighted by Crippen LogP contribution is -2.58. The number of rotatable bonds is 8. The monoisotopic (exact) mass is 570 g/mol. The van der Waals surface area contributed by atoms with Gasteiger partial charge in [0.1, 0.15) is 17.7 Å². The number of ether oxygens (including phenoxy) is 1. The number of carbonyl (C=O) groups is 4. The summed E-state index contributed by atoms with van der Waals surface area (Å²) in [5.74, 6) is 0.536. The van der Waals surface area contributed by atoms with Gasteiger partial charge in [0.2, 0.25) is 11.8 Å². The molecule has 0 aliphatic carbocycles. The van der Waals surface area contributed by atoms with Crippen molar-refractivity contribution < 1.29 is 23.9 Å². The number of nitrogens with zero attached hydrogens (tertiary/aromatic N) is 1. The molecule has 9 nitrogen and oxygen atoms in total. The number of alkyl carbamates (subject to hydrolysis) is 1.